The van der Waals surface area contributed by atoms with Crippen molar-refractivity contribution in [3.63, 3.8) is 0 Å². The second-order valence-corrected chi connectivity index (χ2v) is 4.10. The zero-order chi connectivity index (χ0) is 13.2. The van der Waals surface area contributed by atoms with Crippen molar-refractivity contribution in [1.82, 2.24) is 5.32 Å². The molecule has 102 valence electrons. The Morgan fingerprint density at radius 3 is 2.44 bits per heavy atom. The zero-order valence-electron chi connectivity index (χ0n) is 11.2. The van der Waals surface area contributed by atoms with E-state index in [0.29, 0.717) is 12.6 Å². The van der Waals surface area contributed by atoms with Gasteiger partial charge < -0.3 is 19.9 Å². The van der Waals surface area contributed by atoms with Gasteiger partial charge in [-0.25, -0.2) is 0 Å². The van der Waals surface area contributed by atoms with Crippen molar-refractivity contribution in [3.05, 3.63) is 24.3 Å². The summed E-state index contributed by atoms with van der Waals surface area (Å²) in [5.74, 6) is 1.67. The Kier molecular flexibility index (Phi) is 7.22. The Morgan fingerprint density at radius 1 is 1.22 bits per heavy atom. The van der Waals surface area contributed by atoms with Crippen molar-refractivity contribution in [2.24, 2.45) is 0 Å². The van der Waals surface area contributed by atoms with Crippen LogP contribution in [0.25, 0.3) is 0 Å². The minimum atomic E-state index is 0.227. The first-order chi connectivity index (χ1) is 8.80. The van der Waals surface area contributed by atoms with E-state index in [1.165, 1.54) is 0 Å². The Hall–Kier alpha value is -1.26. The molecule has 4 nitrogen and oxygen atoms in total. The largest absolute Gasteiger partial charge is 0.497 e. The highest BCUT2D eigenvalue weighted by Crippen LogP contribution is 2.16. The fourth-order valence-electron chi connectivity index (χ4n) is 1.71. The van der Waals surface area contributed by atoms with Gasteiger partial charge in [0.1, 0.15) is 18.1 Å². The summed E-state index contributed by atoms with van der Waals surface area (Å²) in [7, 11) is 1.64. The lowest BCUT2D eigenvalue weighted by Gasteiger charge is -2.15. The lowest BCUT2D eigenvalue weighted by Crippen LogP contribution is -2.32. The standard InChI is InChI=1S/C14H23NO3/c1-3-12(8-10-16)15-9-11-18-14-6-4-13(17-2)5-7-14/h4-7,12,15-16H,3,8-11H2,1-2H3. The molecule has 0 saturated carbocycles. The van der Waals surface area contributed by atoms with E-state index in [9.17, 15) is 0 Å². The third-order valence-corrected chi connectivity index (χ3v) is 2.83. The normalized spacial score (nSPS) is 12.2. The molecule has 18 heavy (non-hydrogen) atoms. The van der Waals surface area contributed by atoms with Crippen LogP contribution in [0, 0.1) is 0 Å². The topological polar surface area (TPSA) is 50.7 Å². The maximum Gasteiger partial charge on any atom is 0.119 e. The molecule has 0 saturated heterocycles. The van der Waals surface area contributed by atoms with Crippen molar-refractivity contribution in [3.8, 4) is 11.5 Å². The molecule has 0 bridgehead atoms. The van der Waals surface area contributed by atoms with Gasteiger partial charge in [-0.15, -0.1) is 0 Å². The maximum absolute atomic E-state index is 8.87. The summed E-state index contributed by atoms with van der Waals surface area (Å²) in [6.07, 6.45) is 1.81. The molecule has 1 aromatic carbocycles. The van der Waals surface area contributed by atoms with Crippen LogP contribution >= 0.6 is 0 Å². The van der Waals surface area contributed by atoms with Crippen LogP contribution in [-0.2, 0) is 0 Å². The fraction of sp³-hybridized carbons (Fsp3) is 0.571. The minimum Gasteiger partial charge on any atom is -0.497 e. The number of hydrogen-bond acceptors (Lipinski definition) is 4. The second kappa shape index (κ2) is 8.78. The van der Waals surface area contributed by atoms with Crippen LogP contribution < -0.4 is 14.8 Å². The van der Waals surface area contributed by atoms with Crippen molar-refractivity contribution < 1.29 is 14.6 Å². The number of methoxy groups -OCH3 is 1. The van der Waals surface area contributed by atoms with Crippen LogP contribution in [0.1, 0.15) is 19.8 Å². The summed E-state index contributed by atoms with van der Waals surface area (Å²) in [6, 6.07) is 7.91. The average molecular weight is 253 g/mol. The lowest BCUT2D eigenvalue weighted by atomic mass is 10.1. The molecular formula is C14H23NO3. The van der Waals surface area contributed by atoms with Crippen LogP contribution in [0.3, 0.4) is 0 Å². The van der Waals surface area contributed by atoms with Crippen molar-refractivity contribution >= 4 is 0 Å². The van der Waals surface area contributed by atoms with Gasteiger partial charge in [-0.2, -0.15) is 0 Å². The second-order valence-electron chi connectivity index (χ2n) is 4.10. The van der Waals surface area contributed by atoms with Gasteiger partial charge in [0.25, 0.3) is 0 Å². The number of aliphatic hydroxyl groups is 1. The Bertz CT molecular complexity index is 313. The lowest BCUT2D eigenvalue weighted by molar-refractivity contribution is 0.252. The molecule has 1 aromatic rings. The number of rotatable bonds is 9. The highest BCUT2D eigenvalue weighted by Gasteiger charge is 2.03. The summed E-state index contributed by atoms with van der Waals surface area (Å²) in [6.45, 7) is 3.74. The van der Waals surface area contributed by atoms with E-state index < -0.39 is 0 Å². The Labute approximate surface area is 109 Å². The predicted octanol–water partition coefficient (Wildman–Crippen LogP) is 1.82. The molecule has 0 radical (unpaired) electrons. The van der Waals surface area contributed by atoms with Gasteiger partial charge >= 0.3 is 0 Å². The number of ether oxygens (including phenoxy) is 2. The predicted molar refractivity (Wildman–Crippen MR) is 72.3 cm³/mol. The molecular weight excluding hydrogens is 230 g/mol. The maximum atomic E-state index is 8.87. The molecule has 0 amide bonds. The summed E-state index contributed by atoms with van der Waals surface area (Å²) >= 11 is 0. The van der Waals surface area contributed by atoms with Crippen LogP contribution in [0.15, 0.2) is 24.3 Å². The van der Waals surface area contributed by atoms with Crippen LogP contribution in [0.2, 0.25) is 0 Å². The van der Waals surface area contributed by atoms with Crippen LogP contribution in [0.5, 0.6) is 11.5 Å². The Morgan fingerprint density at radius 2 is 1.89 bits per heavy atom. The van der Waals surface area contributed by atoms with Gasteiger partial charge in [0, 0.05) is 19.2 Å². The molecule has 0 spiro atoms. The summed E-state index contributed by atoms with van der Waals surface area (Å²) < 4.78 is 10.7. The molecule has 0 fully saturated rings. The Balaban J connectivity index is 2.20. The molecule has 0 heterocycles. The molecule has 2 N–H and O–H groups in total. The summed E-state index contributed by atoms with van der Waals surface area (Å²) in [4.78, 5) is 0. The molecule has 0 aromatic heterocycles. The smallest absolute Gasteiger partial charge is 0.119 e. The molecule has 1 unspecified atom stereocenters. The highest BCUT2D eigenvalue weighted by atomic mass is 16.5. The summed E-state index contributed by atoms with van der Waals surface area (Å²) in [5.41, 5.74) is 0. The van der Waals surface area contributed by atoms with Gasteiger partial charge in [0.2, 0.25) is 0 Å². The van der Waals surface area contributed by atoms with Crippen LogP contribution in [0.4, 0.5) is 0 Å². The van der Waals surface area contributed by atoms with Crippen molar-refractivity contribution in [2.45, 2.75) is 25.8 Å². The first-order valence-corrected chi connectivity index (χ1v) is 6.41. The highest BCUT2D eigenvalue weighted by molar-refractivity contribution is 5.31. The van der Waals surface area contributed by atoms with Crippen molar-refractivity contribution in [2.75, 3.05) is 26.9 Å². The molecule has 1 atom stereocenters. The number of nitrogens with one attached hydrogen (secondary N) is 1. The number of hydrogen-bond donors (Lipinski definition) is 2. The first kappa shape index (κ1) is 14.8. The van der Waals surface area contributed by atoms with E-state index in [2.05, 4.69) is 12.2 Å². The monoisotopic (exact) mass is 253 g/mol. The minimum absolute atomic E-state index is 0.227. The molecule has 4 heteroatoms. The fourth-order valence-corrected chi connectivity index (χ4v) is 1.71. The van der Waals surface area contributed by atoms with Gasteiger partial charge in [-0.3, -0.25) is 0 Å². The van der Waals surface area contributed by atoms with E-state index in [1.54, 1.807) is 7.11 Å². The van der Waals surface area contributed by atoms with E-state index in [1.807, 2.05) is 24.3 Å². The van der Waals surface area contributed by atoms with E-state index in [0.717, 1.165) is 30.9 Å². The average Bonchev–Trinajstić information content (AvgIpc) is 2.43. The molecule has 0 aliphatic carbocycles. The van der Waals surface area contributed by atoms with E-state index in [4.69, 9.17) is 14.6 Å². The summed E-state index contributed by atoms with van der Waals surface area (Å²) in [5, 5.41) is 12.2. The molecule has 1 rings (SSSR count). The SMILES string of the molecule is CCC(CCO)NCCOc1ccc(OC)cc1. The van der Waals surface area contributed by atoms with Gasteiger partial charge in [-0.05, 0) is 37.1 Å². The van der Waals surface area contributed by atoms with Crippen LogP contribution in [-0.4, -0.2) is 38.0 Å². The number of benzene rings is 1. The molecule has 0 aliphatic rings. The van der Waals surface area contributed by atoms with Crippen molar-refractivity contribution in [1.29, 1.82) is 0 Å². The third-order valence-electron chi connectivity index (χ3n) is 2.83. The van der Waals surface area contributed by atoms with Gasteiger partial charge in [0.15, 0.2) is 0 Å². The first-order valence-electron chi connectivity index (χ1n) is 6.41. The van der Waals surface area contributed by atoms with Gasteiger partial charge in [-0.1, -0.05) is 6.92 Å². The zero-order valence-corrected chi connectivity index (χ0v) is 11.2. The van der Waals surface area contributed by atoms with E-state index >= 15 is 0 Å². The number of aliphatic hydroxyl groups excluding tert-OH is 1. The van der Waals surface area contributed by atoms with E-state index in [-0.39, 0.29) is 6.61 Å². The quantitative estimate of drug-likeness (QED) is 0.659. The van der Waals surface area contributed by atoms with Gasteiger partial charge in [0.05, 0.1) is 7.11 Å². The molecule has 0 aliphatic heterocycles. The third kappa shape index (κ3) is 5.38.